The molecule has 0 amide bonds. The Labute approximate surface area is 159 Å². The molecule has 1 N–H and O–H groups in total. The maximum Gasteiger partial charge on any atom is 0.258 e. The fourth-order valence-corrected chi connectivity index (χ4v) is 3.34. The van der Waals surface area contributed by atoms with Crippen LogP contribution in [0, 0.1) is 5.92 Å². The Hall–Kier alpha value is -2.73. The second kappa shape index (κ2) is 7.88. The number of aromatic nitrogens is 3. The average Bonchev–Trinajstić information content (AvgIpc) is 3.37. The summed E-state index contributed by atoms with van der Waals surface area (Å²) in [6.45, 7) is 5.68. The minimum atomic E-state index is 0.131. The zero-order valence-electron chi connectivity index (χ0n) is 15.6. The summed E-state index contributed by atoms with van der Waals surface area (Å²) in [5, 5.41) is 7.48. The van der Waals surface area contributed by atoms with Crippen molar-refractivity contribution >= 4 is 5.82 Å². The number of rotatable bonds is 6. The fraction of sp³-hybridized carbons (Fsp3) is 0.381. The van der Waals surface area contributed by atoms with E-state index in [9.17, 15) is 0 Å². The standard InChI is InChI=1S/C21H24N4O2/c1-14(2)20-24-21(27-25-20)16-8-10-22-18(12-16)23-13-17-9-11-26-19(17)15-6-4-3-5-7-15/h3-8,10,12,14,17,19H,9,11,13H2,1-2H3,(H,22,23). The average molecular weight is 364 g/mol. The van der Waals surface area contributed by atoms with Crippen molar-refractivity contribution in [1.82, 2.24) is 15.1 Å². The van der Waals surface area contributed by atoms with Crippen LogP contribution in [0.2, 0.25) is 0 Å². The van der Waals surface area contributed by atoms with Crippen LogP contribution in [0.5, 0.6) is 0 Å². The molecule has 1 aromatic carbocycles. The van der Waals surface area contributed by atoms with Crippen LogP contribution in [0.25, 0.3) is 11.5 Å². The van der Waals surface area contributed by atoms with Crippen LogP contribution in [0.1, 0.15) is 43.7 Å². The Morgan fingerprint density at radius 2 is 2.04 bits per heavy atom. The molecule has 0 saturated carbocycles. The van der Waals surface area contributed by atoms with E-state index in [1.807, 2.05) is 32.0 Å². The highest BCUT2D eigenvalue weighted by Crippen LogP contribution is 2.34. The zero-order chi connectivity index (χ0) is 18.6. The minimum absolute atomic E-state index is 0.131. The first-order valence-electron chi connectivity index (χ1n) is 9.41. The van der Waals surface area contributed by atoms with Crippen LogP contribution >= 0.6 is 0 Å². The lowest BCUT2D eigenvalue weighted by molar-refractivity contribution is 0.0933. The SMILES string of the molecule is CC(C)c1noc(-c2ccnc(NCC3CCOC3c3ccccc3)c2)n1. The zero-order valence-corrected chi connectivity index (χ0v) is 15.6. The Morgan fingerprint density at radius 1 is 1.19 bits per heavy atom. The van der Waals surface area contributed by atoms with Gasteiger partial charge in [-0.25, -0.2) is 4.98 Å². The van der Waals surface area contributed by atoms with Crippen LogP contribution in [-0.2, 0) is 4.74 Å². The molecule has 0 bridgehead atoms. The van der Waals surface area contributed by atoms with Crippen LogP contribution in [0.15, 0.2) is 53.2 Å². The van der Waals surface area contributed by atoms with Crippen molar-refractivity contribution in [3.8, 4) is 11.5 Å². The van der Waals surface area contributed by atoms with E-state index in [1.165, 1.54) is 5.56 Å². The largest absolute Gasteiger partial charge is 0.373 e. The number of nitrogens with zero attached hydrogens (tertiary/aromatic N) is 3. The highest BCUT2D eigenvalue weighted by Gasteiger charge is 2.29. The molecule has 0 aliphatic carbocycles. The second-order valence-electron chi connectivity index (χ2n) is 7.17. The summed E-state index contributed by atoms with van der Waals surface area (Å²) in [5.41, 5.74) is 2.10. The fourth-order valence-electron chi connectivity index (χ4n) is 3.34. The van der Waals surface area contributed by atoms with Gasteiger partial charge in [-0.05, 0) is 24.1 Å². The van der Waals surface area contributed by atoms with Crippen molar-refractivity contribution in [3.63, 3.8) is 0 Å². The Kier molecular flexibility index (Phi) is 5.16. The first kappa shape index (κ1) is 17.7. The molecule has 3 heterocycles. The summed E-state index contributed by atoms with van der Waals surface area (Å²) < 4.78 is 11.3. The van der Waals surface area contributed by atoms with Crippen molar-refractivity contribution in [1.29, 1.82) is 0 Å². The lowest BCUT2D eigenvalue weighted by atomic mass is 9.95. The predicted molar refractivity (Wildman–Crippen MR) is 103 cm³/mol. The highest BCUT2D eigenvalue weighted by atomic mass is 16.5. The van der Waals surface area contributed by atoms with Crippen molar-refractivity contribution in [2.24, 2.45) is 5.92 Å². The molecule has 2 unspecified atom stereocenters. The maximum absolute atomic E-state index is 5.96. The monoisotopic (exact) mass is 364 g/mol. The molecule has 0 radical (unpaired) electrons. The molecule has 0 spiro atoms. The number of pyridine rings is 1. The topological polar surface area (TPSA) is 73.1 Å². The molecule has 6 nitrogen and oxygen atoms in total. The van der Waals surface area contributed by atoms with Crippen LogP contribution < -0.4 is 5.32 Å². The summed E-state index contributed by atoms with van der Waals surface area (Å²) in [6, 6.07) is 14.2. The van der Waals surface area contributed by atoms with Gasteiger partial charge in [-0.3, -0.25) is 0 Å². The van der Waals surface area contributed by atoms with E-state index in [0.29, 0.717) is 17.6 Å². The number of anilines is 1. The van der Waals surface area contributed by atoms with Gasteiger partial charge in [0.15, 0.2) is 5.82 Å². The molecular formula is C21H24N4O2. The first-order valence-corrected chi connectivity index (χ1v) is 9.41. The maximum atomic E-state index is 5.96. The molecule has 1 fully saturated rings. The van der Waals surface area contributed by atoms with Gasteiger partial charge < -0.3 is 14.6 Å². The van der Waals surface area contributed by atoms with Crippen LogP contribution in [-0.4, -0.2) is 28.3 Å². The molecule has 1 aliphatic rings. The molecule has 2 atom stereocenters. The third-order valence-corrected chi connectivity index (χ3v) is 4.85. The number of benzene rings is 1. The predicted octanol–water partition coefficient (Wildman–Crippen LogP) is 4.44. The first-order chi connectivity index (χ1) is 13.2. The summed E-state index contributed by atoms with van der Waals surface area (Å²) in [5.74, 6) is 2.68. The van der Waals surface area contributed by atoms with E-state index in [-0.39, 0.29) is 12.0 Å². The lowest BCUT2D eigenvalue weighted by Gasteiger charge is -2.19. The number of nitrogens with one attached hydrogen (secondary N) is 1. The molecule has 1 aliphatic heterocycles. The van der Waals surface area contributed by atoms with Gasteiger partial charge in [0.25, 0.3) is 5.89 Å². The molecule has 3 aromatic rings. The van der Waals surface area contributed by atoms with E-state index < -0.39 is 0 Å². The molecule has 140 valence electrons. The quantitative estimate of drug-likeness (QED) is 0.697. The van der Waals surface area contributed by atoms with Crippen LogP contribution in [0.3, 0.4) is 0 Å². The molecular weight excluding hydrogens is 340 g/mol. The van der Waals surface area contributed by atoms with E-state index in [4.69, 9.17) is 9.26 Å². The van der Waals surface area contributed by atoms with E-state index >= 15 is 0 Å². The van der Waals surface area contributed by atoms with Crippen molar-refractivity contribution in [2.75, 3.05) is 18.5 Å². The van der Waals surface area contributed by atoms with E-state index in [2.05, 4.69) is 44.7 Å². The van der Waals surface area contributed by atoms with Gasteiger partial charge in [-0.2, -0.15) is 4.98 Å². The summed E-state index contributed by atoms with van der Waals surface area (Å²) >= 11 is 0. The normalized spacial score (nSPS) is 19.5. The van der Waals surface area contributed by atoms with Gasteiger partial charge in [-0.1, -0.05) is 49.3 Å². The highest BCUT2D eigenvalue weighted by molar-refractivity contribution is 5.57. The van der Waals surface area contributed by atoms with Crippen LogP contribution in [0.4, 0.5) is 5.82 Å². The van der Waals surface area contributed by atoms with Crippen molar-refractivity contribution < 1.29 is 9.26 Å². The van der Waals surface area contributed by atoms with Crippen molar-refractivity contribution in [3.05, 3.63) is 60.0 Å². The molecule has 4 rings (SSSR count). The Morgan fingerprint density at radius 3 is 2.81 bits per heavy atom. The molecule has 2 aromatic heterocycles. The molecule has 1 saturated heterocycles. The summed E-state index contributed by atoms with van der Waals surface area (Å²) in [4.78, 5) is 8.88. The van der Waals surface area contributed by atoms with Gasteiger partial charge in [0, 0.05) is 36.7 Å². The molecule has 6 heteroatoms. The number of ether oxygens (including phenoxy) is 1. The van der Waals surface area contributed by atoms with Gasteiger partial charge in [0.2, 0.25) is 0 Å². The second-order valence-corrected chi connectivity index (χ2v) is 7.17. The van der Waals surface area contributed by atoms with Crippen molar-refractivity contribution in [2.45, 2.75) is 32.3 Å². The number of hydrogen-bond donors (Lipinski definition) is 1. The Bertz CT molecular complexity index is 879. The lowest BCUT2D eigenvalue weighted by Crippen LogP contribution is -2.18. The summed E-state index contributed by atoms with van der Waals surface area (Å²) in [7, 11) is 0. The number of hydrogen-bond acceptors (Lipinski definition) is 6. The third-order valence-electron chi connectivity index (χ3n) is 4.85. The van der Waals surface area contributed by atoms with E-state index in [0.717, 1.165) is 31.0 Å². The summed E-state index contributed by atoms with van der Waals surface area (Å²) in [6.07, 6.45) is 2.93. The van der Waals surface area contributed by atoms with Gasteiger partial charge in [0.05, 0.1) is 6.10 Å². The van der Waals surface area contributed by atoms with Gasteiger partial charge in [-0.15, -0.1) is 0 Å². The van der Waals surface area contributed by atoms with Gasteiger partial charge in [0.1, 0.15) is 5.82 Å². The molecule has 27 heavy (non-hydrogen) atoms. The third kappa shape index (κ3) is 4.01. The minimum Gasteiger partial charge on any atom is -0.373 e. The Balaban J connectivity index is 1.44. The van der Waals surface area contributed by atoms with Gasteiger partial charge >= 0.3 is 0 Å². The smallest absolute Gasteiger partial charge is 0.258 e. The van der Waals surface area contributed by atoms with E-state index in [1.54, 1.807) is 6.20 Å².